The SMILES string of the molecule is CCc1ncc(CNc2cc(F)cc(Cl)c2)s1. The van der Waals surface area contributed by atoms with Crippen LogP contribution in [0.2, 0.25) is 5.02 Å². The maximum absolute atomic E-state index is 13.1. The van der Waals surface area contributed by atoms with Gasteiger partial charge in [-0.25, -0.2) is 9.37 Å². The smallest absolute Gasteiger partial charge is 0.126 e. The lowest BCUT2D eigenvalue weighted by Gasteiger charge is -2.05. The first kappa shape index (κ1) is 12.3. The van der Waals surface area contributed by atoms with Gasteiger partial charge in [0.15, 0.2) is 0 Å². The average molecular weight is 271 g/mol. The third kappa shape index (κ3) is 3.41. The van der Waals surface area contributed by atoms with Crippen LogP contribution in [0.15, 0.2) is 24.4 Å². The highest BCUT2D eigenvalue weighted by atomic mass is 35.5. The van der Waals surface area contributed by atoms with Crippen LogP contribution in [0.1, 0.15) is 16.8 Å². The van der Waals surface area contributed by atoms with Crippen molar-refractivity contribution in [3.05, 3.63) is 45.1 Å². The van der Waals surface area contributed by atoms with Crippen molar-refractivity contribution in [2.45, 2.75) is 19.9 Å². The van der Waals surface area contributed by atoms with Crippen molar-refractivity contribution in [3.8, 4) is 0 Å². The van der Waals surface area contributed by atoms with Crippen molar-refractivity contribution in [1.29, 1.82) is 0 Å². The van der Waals surface area contributed by atoms with Crippen LogP contribution in [0.4, 0.5) is 10.1 Å². The number of halogens is 2. The van der Waals surface area contributed by atoms with E-state index in [0.29, 0.717) is 17.3 Å². The molecule has 2 aromatic rings. The second-order valence-corrected chi connectivity index (χ2v) is 5.22. The van der Waals surface area contributed by atoms with Gasteiger partial charge < -0.3 is 5.32 Å². The van der Waals surface area contributed by atoms with Crippen LogP contribution in [-0.2, 0) is 13.0 Å². The fourth-order valence-electron chi connectivity index (χ4n) is 1.44. The van der Waals surface area contributed by atoms with E-state index in [1.807, 2.05) is 6.20 Å². The molecule has 2 nitrogen and oxygen atoms in total. The van der Waals surface area contributed by atoms with Gasteiger partial charge in [-0.3, -0.25) is 0 Å². The summed E-state index contributed by atoms with van der Waals surface area (Å²) < 4.78 is 13.1. The van der Waals surface area contributed by atoms with E-state index in [-0.39, 0.29) is 5.82 Å². The van der Waals surface area contributed by atoms with Gasteiger partial charge in [-0.1, -0.05) is 18.5 Å². The average Bonchev–Trinajstić information content (AvgIpc) is 2.73. The van der Waals surface area contributed by atoms with Gasteiger partial charge in [-0.2, -0.15) is 0 Å². The number of benzene rings is 1. The first-order valence-corrected chi connectivity index (χ1v) is 6.50. The highest BCUT2D eigenvalue weighted by molar-refractivity contribution is 7.11. The zero-order valence-corrected chi connectivity index (χ0v) is 10.9. The molecule has 90 valence electrons. The molecule has 1 aromatic heterocycles. The zero-order valence-electron chi connectivity index (χ0n) is 9.34. The molecule has 0 fully saturated rings. The molecule has 0 aliphatic carbocycles. The number of hydrogen-bond acceptors (Lipinski definition) is 3. The number of nitrogens with one attached hydrogen (secondary N) is 1. The van der Waals surface area contributed by atoms with Crippen molar-refractivity contribution in [1.82, 2.24) is 4.98 Å². The monoisotopic (exact) mass is 270 g/mol. The van der Waals surface area contributed by atoms with Crippen LogP contribution < -0.4 is 5.32 Å². The first-order valence-electron chi connectivity index (χ1n) is 5.31. The summed E-state index contributed by atoms with van der Waals surface area (Å²) in [7, 11) is 0. The number of nitrogens with zero attached hydrogens (tertiary/aromatic N) is 1. The third-order valence-electron chi connectivity index (χ3n) is 2.23. The van der Waals surface area contributed by atoms with Gasteiger partial charge in [0.05, 0.1) is 11.6 Å². The lowest BCUT2D eigenvalue weighted by Crippen LogP contribution is -1.97. The van der Waals surface area contributed by atoms with Crippen LogP contribution >= 0.6 is 22.9 Å². The van der Waals surface area contributed by atoms with Gasteiger partial charge in [0, 0.05) is 21.8 Å². The summed E-state index contributed by atoms with van der Waals surface area (Å²) in [5.74, 6) is -0.335. The molecule has 2 rings (SSSR count). The van der Waals surface area contributed by atoms with Gasteiger partial charge in [-0.15, -0.1) is 11.3 Å². The number of hydrogen-bond donors (Lipinski definition) is 1. The molecule has 0 radical (unpaired) electrons. The molecule has 0 aliphatic heterocycles. The number of aryl methyl sites for hydroxylation is 1. The van der Waals surface area contributed by atoms with E-state index in [1.54, 1.807) is 17.4 Å². The van der Waals surface area contributed by atoms with E-state index in [0.717, 1.165) is 16.3 Å². The van der Waals surface area contributed by atoms with Crippen molar-refractivity contribution in [3.63, 3.8) is 0 Å². The minimum atomic E-state index is -0.335. The Morgan fingerprint density at radius 1 is 1.41 bits per heavy atom. The normalized spacial score (nSPS) is 10.5. The van der Waals surface area contributed by atoms with Crippen LogP contribution in [0.3, 0.4) is 0 Å². The van der Waals surface area contributed by atoms with Gasteiger partial charge >= 0.3 is 0 Å². The van der Waals surface area contributed by atoms with E-state index < -0.39 is 0 Å². The standard InChI is InChI=1S/C12H12ClFN2S/c1-2-12-16-7-11(17-12)6-15-10-4-8(13)3-9(14)5-10/h3-5,7,15H,2,6H2,1H3. The second kappa shape index (κ2) is 5.47. The Hall–Kier alpha value is -1.13. The summed E-state index contributed by atoms with van der Waals surface area (Å²) in [4.78, 5) is 5.39. The van der Waals surface area contributed by atoms with Crippen LogP contribution in [0, 0.1) is 5.82 Å². The summed E-state index contributed by atoms with van der Waals surface area (Å²) in [6, 6.07) is 4.41. The fraction of sp³-hybridized carbons (Fsp3) is 0.250. The molecule has 17 heavy (non-hydrogen) atoms. The quantitative estimate of drug-likeness (QED) is 0.904. The van der Waals surface area contributed by atoms with E-state index in [1.165, 1.54) is 12.1 Å². The number of anilines is 1. The van der Waals surface area contributed by atoms with Crippen LogP contribution in [0.5, 0.6) is 0 Å². The Morgan fingerprint density at radius 3 is 2.88 bits per heavy atom. The number of rotatable bonds is 4. The van der Waals surface area contributed by atoms with Crippen LogP contribution in [-0.4, -0.2) is 4.98 Å². The minimum absolute atomic E-state index is 0.335. The van der Waals surface area contributed by atoms with Gasteiger partial charge in [0.25, 0.3) is 0 Å². The molecule has 1 N–H and O–H groups in total. The Bertz CT molecular complexity index is 493. The lowest BCUT2D eigenvalue weighted by molar-refractivity contribution is 0.628. The molecular weight excluding hydrogens is 259 g/mol. The molecule has 1 aromatic carbocycles. The molecule has 0 saturated heterocycles. The minimum Gasteiger partial charge on any atom is -0.380 e. The molecule has 0 bridgehead atoms. The Kier molecular flexibility index (Phi) is 3.97. The molecule has 0 unspecified atom stereocenters. The largest absolute Gasteiger partial charge is 0.380 e. The molecule has 1 heterocycles. The van der Waals surface area contributed by atoms with Gasteiger partial charge in [0.1, 0.15) is 5.82 Å². The van der Waals surface area contributed by atoms with E-state index in [2.05, 4.69) is 17.2 Å². The van der Waals surface area contributed by atoms with Crippen molar-refractivity contribution in [2.24, 2.45) is 0 Å². The Balaban J connectivity index is 2.01. The van der Waals surface area contributed by atoms with E-state index in [4.69, 9.17) is 11.6 Å². The summed E-state index contributed by atoms with van der Waals surface area (Å²) in [5, 5.41) is 4.63. The maximum Gasteiger partial charge on any atom is 0.126 e. The second-order valence-electron chi connectivity index (χ2n) is 3.59. The summed E-state index contributed by atoms with van der Waals surface area (Å²) >= 11 is 7.43. The van der Waals surface area contributed by atoms with Crippen molar-refractivity contribution < 1.29 is 4.39 Å². The maximum atomic E-state index is 13.1. The van der Waals surface area contributed by atoms with Gasteiger partial charge in [-0.05, 0) is 24.6 Å². The molecule has 0 saturated carbocycles. The molecule has 0 atom stereocenters. The predicted molar refractivity (Wildman–Crippen MR) is 70.2 cm³/mol. The van der Waals surface area contributed by atoms with Crippen LogP contribution in [0.25, 0.3) is 0 Å². The molecule has 0 aliphatic rings. The summed E-state index contributed by atoms with van der Waals surface area (Å²) in [5.41, 5.74) is 0.682. The molecule has 0 amide bonds. The Morgan fingerprint density at radius 2 is 2.24 bits per heavy atom. The molecule has 5 heteroatoms. The topological polar surface area (TPSA) is 24.9 Å². The van der Waals surface area contributed by atoms with Crippen molar-refractivity contribution in [2.75, 3.05) is 5.32 Å². The molecule has 0 spiro atoms. The first-order chi connectivity index (χ1) is 8.17. The summed E-state index contributed by atoms with van der Waals surface area (Å²) in [6.45, 7) is 2.71. The molecular formula is C12H12ClFN2S. The Labute approximate surface area is 108 Å². The number of thiazole rings is 1. The fourth-order valence-corrected chi connectivity index (χ4v) is 2.46. The third-order valence-corrected chi connectivity index (χ3v) is 3.59. The highest BCUT2D eigenvalue weighted by Gasteiger charge is 2.02. The van der Waals surface area contributed by atoms with E-state index in [9.17, 15) is 4.39 Å². The zero-order chi connectivity index (χ0) is 12.3. The summed E-state index contributed by atoms with van der Waals surface area (Å²) in [6.07, 6.45) is 2.79. The van der Waals surface area contributed by atoms with Gasteiger partial charge in [0.2, 0.25) is 0 Å². The van der Waals surface area contributed by atoms with Crippen molar-refractivity contribution >= 4 is 28.6 Å². The van der Waals surface area contributed by atoms with E-state index >= 15 is 0 Å². The lowest BCUT2D eigenvalue weighted by atomic mass is 10.3. The highest BCUT2D eigenvalue weighted by Crippen LogP contribution is 2.20. The number of aromatic nitrogens is 1. The predicted octanol–water partition coefficient (Wildman–Crippen LogP) is 4.11.